The van der Waals surface area contributed by atoms with Crippen LogP contribution in [-0.2, 0) is 36.5 Å². The van der Waals surface area contributed by atoms with E-state index in [4.69, 9.17) is 9.84 Å². The van der Waals surface area contributed by atoms with Crippen LogP contribution in [0.3, 0.4) is 0 Å². The summed E-state index contributed by atoms with van der Waals surface area (Å²) in [7, 11) is 0. The molecule has 0 saturated heterocycles. The van der Waals surface area contributed by atoms with Gasteiger partial charge in [0.25, 0.3) is 6.47 Å². The monoisotopic (exact) mass is 440 g/mol. The summed E-state index contributed by atoms with van der Waals surface area (Å²) in [6.45, 7) is 0.270. The first kappa shape index (κ1) is 28.2. The molecule has 0 bridgehead atoms. The van der Waals surface area contributed by atoms with Crippen LogP contribution in [0.1, 0.15) is 44.9 Å². The number of carbonyl (C=O) groups excluding carboxylic acids is 1. The molecule has 2 aliphatic carbocycles. The van der Waals surface area contributed by atoms with Crippen molar-refractivity contribution < 1.29 is 96.1 Å². The number of carbonyl (C=O) groups is 2. The Labute approximate surface area is 208 Å². The van der Waals surface area contributed by atoms with E-state index in [1.807, 2.05) is 0 Å². The van der Waals surface area contributed by atoms with Crippen LogP contribution in [0.25, 0.3) is 0 Å². The molecule has 2 rings (SSSR count). The van der Waals surface area contributed by atoms with Crippen molar-refractivity contribution in [3.05, 3.63) is 0 Å². The average molecular weight is 440 g/mol. The molecule has 0 radical (unpaired) electrons. The Bertz CT molecular complexity index is 550. The number of aliphatic carboxylic acids is 1. The number of hydrogen-bond acceptors (Lipinski definition) is 7. The quantitative estimate of drug-likeness (QED) is 0.235. The largest absolute Gasteiger partial charge is 1.00 e. The molecule has 8 atom stereocenters. The third-order valence-corrected chi connectivity index (χ3v) is 7.45. The number of hydrogen-bond donors (Lipinski definition) is 1. The van der Waals surface area contributed by atoms with Crippen molar-refractivity contribution in [2.45, 2.75) is 61.5 Å². The molecule has 8 nitrogen and oxygen atoms in total. The summed E-state index contributed by atoms with van der Waals surface area (Å²) < 4.78 is 50.4. The summed E-state index contributed by atoms with van der Waals surface area (Å²) in [4.78, 5) is 21.7. The Morgan fingerprint density at radius 3 is 2.00 bits per heavy atom. The first-order valence-corrected chi connectivity index (χ1v) is 10.6. The zero-order valence-electron chi connectivity index (χ0n) is 15.6. The maximum Gasteiger partial charge on any atom is 1.00 e. The fourth-order valence-electron chi connectivity index (χ4n) is 4.22. The van der Waals surface area contributed by atoms with Crippen molar-refractivity contribution in [2.24, 2.45) is 17.8 Å². The smallest absolute Gasteiger partial charge is 0.772 e. The second-order valence-electron chi connectivity index (χ2n) is 6.91. The summed E-state index contributed by atoms with van der Waals surface area (Å²) in [5.41, 5.74) is 0. The molecule has 0 heterocycles. The van der Waals surface area contributed by atoms with Crippen LogP contribution in [0.15, 0.2) is 0 Å². The molecule has 0 spiro atoms. The number of rotatable bonds is 7. The fraction of sp³-hybridized carbons (Fsp3) is 0.867. The minimum Gasteiger partial charge on any atom is -0.772 e. The Kier molecular flexibility index (Phi) is 14.0. The molecule has 27 heavy (non-hydrogen) atoms. The van der Waals surface area contributed by atoms with Crippen LogP contribution in [-0.4, -0.2) is 51.7 Å². The van der Waals surface area contributed by atoms with E-state index in [9.17, 15) is 27.1 Å². The summed E-state index contributed by atoms with van der Waals surface area (Å²) in [5.74, 6) is -1.79. The number of carboxylic acid groups (broad SMARTS) is 1. The summed E-state index contributed by atoms with van der Waals surface area (Å²) in [6.07, 6.45) is 2.82. The van der Waals surface area contributed by atoms with Gasteiger partial charge in [-0.1, -0.05) is 11.1 Å². The Morgan fingerprint density at radius 2 is 1.52 bits per heavy atom. The molecule has 8 unspecified atom stereocenters. The molecule has 1 N–H and O–H groups in total. The first-order chi connectivity index (χ1) is 11.8. The maximum atomic E-state index is 11.4. The average Bonchev–Trinajstić information content (AvgIpc) is 2.56. The van der Waals surface area contributed by atoms with Gasteiger partial charge in [0, 0.05) is 5.25 Å². The van der Waals surface area contributed by atoms with Gasteiger partial charge in [0.15, 0.2) is 0 Å². The third kappa shape index (κ3) is 8.07. The van der Waals surface area contributed by atoms with E-state index in [2.05, 4.69) is 0 Å². The van der Waals surface area contributed by atoms with E-state index in [1.165, 1.54) is 0 Å². The molecule has 0 aromatic heterocycles. The second kappa shape index (κ2) is 13.5. The minimum absolute atomic E-state index is 0. The molecular formula is C15H22Na2O8S2. The molecular weight excluding hydrogens is 418 g/mol. The molecule has 12 heteroatoms. The van der Waals surface area contributed by atoms with E-state index >= 15 is 0 Å². The van der Waals surface area contributed by atoms with Gasteiger partial charge in [0.05, 0.1) is 11.2 Å². The van der Waals surface area contributed by atoms with E-state index in [0.29, 0.717) is 44.9 Å². The summed E-state index contributed by atoms with van der Waals surface area (Å²) in [6, 6.07) is 0. The predicted octanol–water partition coefficient (Wildman–Crippen LogP) is -5.28. The van der Waals surface area contributed by atoms with E-state index < -0.39 is 50.7 Å². The van der Waals surface area contributed by atoms with Crippen molar-refractivity contribution in [3.63, 3.8) is 0 Å². The standard InChI is InChI=1S/C15H24O8S2.2Na/c16-8-23-12-4-2-10(7-14(12)25(21)22)5-9-1-3-11(15(17)18)13(6-9)24(19)20;;/h8-14H,1-7H2,(H,17,18)(H,19,20)(H,21,22);;/q;2*+1/p-2. The SMILES string of the molecule is O=COC1CCC(CC2CCC(C(=O)O)C(S(=O)[O-])C2)CC1S(=O)[O-].[Na+].[Na+]. The van der Waals surface area contributed by atoms with Gasteiger partial charge < -0.3 is 18.9 Å². The fourth-order valence-corrected chi connectivity index (χ4v) is 6.05. The van der Waals surface area contributed by atoms with Crippen LogP contribution >= 0.6 is 0 Å². The van der Waals surface area contributed by atoms with Gasteiger partial charge in [0.1, 0.15) is 6.10 Å². The Hall–Kier alpha value is 1.16. The summed E-state index contributed by atoms with van der Waals surface area (Å²) in [5, 5.41) is 7.52. The van der Waals surface area contributed by atoms with Gasteiger partial charge >= 0.3 is 65.1 Å². The topological polar surface area (TPSA) is 144 Å². The zero-order valence-corrected chi connectivity index (χ0v) is 21.2. The van der Waals surface area contributed by atoms with Crippen LogP contribution in [0.2, 0.25) is 0 Å². The van der Waals surface area contributed by atoms with E-state index in [-0.39, 0.29) is 77.4 Å². The molecule has 2 saturated carbocycles. The minimum atomic E-state index is -2.44. The van der Waals surface area contributed by atoms with Crippen molar-refractivity contribution in [3.8, 4) is 0 Å². The molecule has 0 amide bonds. The molecule has 144 valence electrons. The van der Waals surface area contributed by atoms with E-state index in [1.54, 1.807) is 0 Å². The number of carboxylic acids is 1. The molecule has 0 aromatic carbocycles. The van der Waals surface area contributed by atoms with Gasteiger partial charge in [-0.05, 0) is 67.9 Å². The zero-order chi connectivity index (χ0) is 18.6. The molecule has 2 fully saturated rings. The summed E-state index contributed by atoms with van der Waals surface area (Å²) >= 11 is -4.79. The van der Waals surface area contributed by atoms with Gasteiger partial charge in [-0.2, -0.15) is 0 Å². The normalized spacial score (nSPS) is 35.6. The van der Waals surface area contributed by atoms with Gasteiger partial charge in [-0.25, -0.2) is 0 Å². The molecule has 0 aliphatic heterocycles. The number of ether oxygens (including phenoxy) is 1. The van der Waals surface area contributed by atoms with E-state index in [0.717, 1.165) is 0 Å². The van der Waals surface area contributed by atoms with Gasteiger partial charge in [-0.3, -0.25) is 18.0 Å². The van der Waals surface area contributed by atoms with Crippen molar-refractivity contribution in [1.82, 2.24) is 0 Å². The van der Waals surface area contributed by atoms with Crippen LogP contribution in [0.5, 0.6) is 0 Å². The van der Waals surface area contributed by atoms with Gasteiger partial charge in [0.2, 0.25) is 0 Å². The first-order valence-electron chi connectivity index (χ1n) is 8.31. The third-order valence-electron chi connectivity index (χ3n) is 5.45. The Morgan fingerprint density at radius 1 is 1.00 bits per heavy atom. The molecule has 2 aliphatic rings. The van der Waals surface area contributed by atoms with Crippen molar-refractivity contribution in [1.29, 1.82) is 0 Å². The van der Waals surface area contributed by atoms with Gasteiger partial charge in [-0.15, -0.1) is 0 Å². The van der Waals surface area contributed by atoms with Crippen molar-refractivity contribution in [2.75, 3.05) is 0 Å². The van der Waals surface area contributed by atoms with Crippen LogP contribution in [0, 0.1) is 17.8 Å². The maximum absolute atomic E-state index is 11.4. The second-order valence-corrected chi connectivity index (χ2v) is 9.16. The Balaban J connectivity index is 0.00000338. The molecule has 0 aromatic rings. The predicted molar refractivity (Wildman–Crippen MR) is 86.8 cm³/mol. The van der Waals surface area contributed by atoms with Crippen LogP contribution in [0.4, 0.5) is 0 Å². The van der Waals surface area contributed by atoms with Crippen LogP contribution < -0.4 is 59.1 Å². The van der Waals surface area contributed by atoms with Crippen molar-refractivity contribution >= 4 is 34.6 Å².